The molecule has 0 unspecified atom stereocenters. The number of rotatable bonds is 10. The first-order valence-electron chi connectivity index (χ1n) is 10.1. The van der Waals surface area contributed by atoms with Gasteiger partial charge in [0.1, 0.15) is 5.82 Å². The van der Waals surface area contributed by atoms with Gasteiger partial charge in [-0.25, -0.2) is 0 Å². The molecule has 0 fully saturated rings. The molecule has 4 aromatic rings. The van der Waals surface area contributed by atoms with Crippen LogP contribution in [0.2, 0.25) is 0 Å². The van der Waals surface area contributed by atoms with E-state index in [4.69, 9.17) is 0 Å². The van der Waals surface area contributed by atoms with Crippen molar-refractivity contribution in [2.45, 2.75) is 31.1 Å². The van der Waals surface area contributed by atoms with E-state index in [0.717, 1.165) is 35.9 Å². The fourth-order valence-electron chi connectivity index (χ4n) is 3.22. The van der Waals surface area contributed by atoms with Crippen molar-refractivity contribution in [2.24, 2.45) is 0 Å². The van der Waals surface area contributed by atoms with Crippen molar-refractivity contribution in [2.75, 3.05) is 12.8 Å². The summed E-state index contributed by atoms with van der Waals surface area (Å²) in [5, 5.41) is 15.9. The topological polar surface area (TPSA) is 51.0 Å². The van der Waals surface area contributed by atoms with E-state index in [1.165, 1.54) is 22.2 Å². The van der Waals surface area contributed by atoms with Crippen LogP contribution in [-0.4, -0.2) is 38.4 Å². The van der Waals surface area contributed by atoms with Crippen LogP contribution in [-0.2, 0) is 30.7 Å². The first kappa shape index (κ1) is 21.8. The molecule has 0 saturated heterocycles. The van der Waals surface area contributed by atoms with E-state index in [2.05, 4.69) is 68.0 Å². The largest absolute Gasteiger partial charge is 0.341 e. The molecular weight excluding hydrogens is 444 g/mol. The number of carbonyl (C=O) groups excluding carboxylic acids is 1. The molecular formula is C23H24N4OS3. The zero-order valence-corrected chi connectivity index (χ0v) is 19.8. The summed E-state index contributed by atoms with van der Waals surface area (Å²) in [6.45, 7) is 1.42. The number of thioether (sulfide) groups is 1. The molecule has 5 nitrogen and oxygen atoms in total. The van der Waals surface area contributed by atoms with Gasteiger partial charge >= 0.3 is 0 Å². The molecule has 3 aromatic heterocycles. The Kier molecular flexibility index (Phi) is 7.56. The van der Waals surface area contributed by atoms with Crippen molar-refractivity contribution in [3.05, 3.63) is 86.5 Å². The van der Waals surface area contributed by atoms with Crippen LogP contribution >= 0.6 is 34.4 Å². The smallest absolute Gasteiger partial charge is 0.233 e. The summed E-state index contributed by atoms with van der Waals surface area (Å²) in [5.41, 5.74) is 2.44. The Morgan fingerprint density at radius 1 is 1.06 bits per heavy atom. The van der Waals surface area contributed by atoms with Gasteiger partial charge < -0.3 is 9.47 Å². The maximum absolute atomic E-state index is 12.6. The van der Waals surface area contributed by atoms with Gasteiger partial charge in [-0.3, -0.25) is 4.79 Å². The Morgan fingerprint density at radius 2 is 1.94 bits per heavy atom. The average molecular weight is 469 g/mol. The van der Waals surface area contributed by atoms with Crippen LogP contribution in [0.1, 0.15) is 21.8 Å². The van der Waals surface area contributed by atoms with Gasteiger partial charge in [-0.2, -0.15) is 11.3 Å². The van der Waals surface area contributed by atoms with Crippen LogP contribution in [0, 0.1) is 0 Å². The summed E-state index contributed by atoms with van der Waals surface area (Å²) in [6.07, 6.45) is 1.65. The highest BCUT2D eigenvalue weighted by Gasteiger charge is 2.17. The minimum absolute atomic E-state index is 0.0913. The molecule has 0 bridgehead atoms. The normalized spacial score (nSPS) is 11.0. The molecule has 1 aromatic carbocycles. The molecule has 0 atom stereocenters. The first-order valence-corrected chi connectivity index (χ1v) is 12.9. The summed E-state index contributed by atoms with van der Waals surface area (Å²) in [5.74, 6) is 1.39. The van der Waals surface area contributed by atoms with E-state index >= 15 is 0 Å². The van der Waals surface area contributed by atoms with Crippen molar-refractivity contribution in [3.63, 3.8) is 0 Å². The van der Waals surface area contributed by atoms with Crippen LogP contribution in [0.4, 0.5) is 0 Å². The van der Waals surface area contributed by atoms with Crippen LogP contribution in [0.25, 0.3) is 0 Å². The molecule has 160 valence electrons. The summed E-state index contributed by atoms with van der Waals surface area (Å²) in [4.78, 5) is 15.7. The lowest BCUT2D eigenvalue weighted by atomic mass is 10.1. The summed E-state index contributed by atoms with van der Waals surface area (Å²) in [7, 11) is 1.85. The van der Waals surface area contributed by atoms with E-state index in [0.29, 0.717) is 12.3 Å². The second-order valence-electron chi connectivity index (χ2n) is 7.21. The third kappa shape index (κ3) is 6.06. The van der Waals surface area contributed by atoms with Crippen LogP contribution < -0.4 is 0 Å². The lowest BCUT2D eigenvalue weighted by Crippen LogP contribution is -2.27. The van der Waals surface area contributed by atoms with Crippen molar-refractivity contribution in [1.82, 2.24) is 19.7 Å². The van der Waals surface area contributed by atoms with Gasteiger partial charge in [-0.1, -0.05) is 48.2 Å². The monoisotopic (exact) mass is 468 g/mol. The standard InChI is InChI=1S/C23H24N4OS3/c1-26(15-19-10-13-29-16-19)22(28)17-31-23-25-24-21(14-20-8-5-12-30-20)27(23)11-9-18-6-3-2-4-7-18/h2-8,10,12-13,16H,9,11,14-15,17H2,1H3. The Bertz CT molecular complexity index is 1080. The molecule has 3 heterocycles. The van der Waals surface area contributed by atoms with E-state index in [9.17, 15) is 4.79 Å². The fraction of sp³-hybridized carbons (Fsp3) is 0.261. The Hall–Kier alpha value is -2.42. The predicted molar refractivity (Wildman–Crippen MR) is 129 cm³/mol. The summed E-state index contributed by atoms with van der Waals surface area (Å²) < 4.78 is 2.17. The molecule has 8 heteroatoms. The number of nitrogens with zero attached hydrogens (tertiary/aromatic N) is 4. The van der Waals surface area contributed by atoms with Gasteiger partial charge in [0.05, 0.1) is 5.75 Å². The number of aromatic nitrogens is 3. The summed E-state index contributed by atoms with van der Waals surface area (Å²) >= 11 is 4.84. The van der Waals surface area contributed by atoms with Crippen LogP contribution in [0.15, 0.2) is 69.8 Å². The van der Waals surface area contributed by atoms with Crippen LogP contribution in [0.5, 0.6) is 0 Å². The third-order valence-corrected chi connectivity index (χ3v) is 7.48. The van der Waals surface area contributed by atoms with Crippen molar-refractivity contribution in [3.8, 4) is 0 Å². The molecule has 0 radical (unpaired) electrons. The fourth-order valence-corrected chi connectivity index (χ4v) is 5.50. The van der Waals surface area contributed by atoms with Gasteiger partial charge in [0, 0.05) is 31.4 Å². The molecule has 0 aliphatic heterocycles. The van der Waals surface area contributed by atoms with E-state index in [-0.39, 0.29) is 5.91 Å². The highest BCUT2D eigenvalue weighted by Crippen LogP contribution is 2.22. The molecule has 0 spiro atoms. The Labute approximate surface area is 194 Å². The molecule has 0 aliphatic carbocycles. The number of aryl methyl sites for hydroxylation is 1. The van der Waals surface area contributed by atoms with Crippen molar-refractivity contribution in [1.29, 1.82) is 0 Å². The molecule has 1 amide bonds. The number of amides is 1. The maximum Gasteiger partial charge on any atom is 0.233 e. The second kappa shape index (κ2) is 10.7. The van der Waals surface area contributed by atoms with Gasteiger partial charge in [-0.05, 0) is 45.8 Å². The van der Waals surface area contributed by atoms with E-state index in [1.807, 2.05) is 18.5 Å². The van der Waals surface area contributed by atoms with Gasteiger partial charge in [0.2, 0.25) is 5.91 Å². The van der Waals surface area contributed by atoms with Crippen molar-refractivity contribution < 1.29 is 4.79 Å². The maximum atomic E-state index is 12.6. The minimum atomic E-state index is 0.0913. The van der Waals surface area contributed by atoms with Crippen molar-refractivity contribution >= 4 is 40.3 Å². The first-order chi connectivity index (χ1) is 15.2. The summed E-state index contributed by atoms with van der Waals surface area (Å²) in [6, 6.07) is 16.7. The molecule has 0 N–H and O–H groups in total. The predicted octanol–water partition coefficient (Wildman–Crippen LogP) is 4.99. The average Bonchev–Trinajstić information content (AvgIpc) is 3.55. The number of benzene rings is 1. The third-order valence-electron chi connectivity index (χ3n) is 4.92. The number of carbonyl (C=O) groups is 1. The number of hydrogen-bond acceptors (Lipinski definition) is 6. The van der Waals surface area contributed by atoms with Gasteiger partial charge in [0.15, 0.2) is 5.16 Å². The zero-order valence-electron chi connectivity index (χ0n) is 17.3. The lowest BCUT2D eigenvalue weighted by molar-refractivity contribution is -0.127. The number of hydrogen-bond donors (Lipinski definition) is 0. The second-order valence-corrected chi connectivity index (χ2v) is 9.97. The highest BCUT2D eigenvalue weighted by molar-refractivity contribution is 7.99. The Morgan fingerprint density at radius 3 is 2.68 bits per heavy atom. The quantitative estimate of drug-likeness (QED) is 0.308. The van der Waals surface area contributed by atoms with Gasteiger partial charge in [-0.15, -0.1) is 21.5 Å². The lowest BCUT2D eigenvalue weighted by Gasteiger charge is -2.16. The van der Waals surface area contributed by atoms with Crippen LogP contribution in [0.3, 0.4) is 0 Å². The highest BCUT2D eigenvalue weighted by atomic mass is 32.2. The number of thiophene rings is 2. The molecule has 0 aliphatic rings. The zero-order chi connectivity index (χ0) is 21.5. The minimum Gasteiger partial charge on any atom is -0.341 e. The SMILES string of the molecule is CN(Cc1ccsc1)C(=O)CSc1nnc(Cc2cccs2)n1CCc1ccccc1. The Balaban J connectivity index is 1.44. The molecule has 4 rings (SSSR count). The van der Waals surface area contributed by atoms with E-state index in [1.54, 1.807) is 27.6 Å². The van der Waals surface area contributed by atoms with Gasteiger partial charge in [0.25, 0.3) is 0 Å². The molecule has 31 heavy (non-hydrogen) atoms. The molecule has 0 saturated carbocycles. The van der Waals surface area contributed by atoms with E-state index < -0.39 is 0 Å².